The number of aromatic amines is 1. The number of nitrogens with zero attached hydrogens (tertiary/aromatic N) is 2. The molecule has 0 aliphatic carbocycles. The van der Waals surface area contributed by atoms with E-state index < -0.39 is 5.97 Å². The van der Waals surface area contributed by atoms with E-state index in [9.17, 15) is 4.79 Å². The van der Waals surface area contributed by atoms with Gasteiger partial charge in [-0.3, -0.25) is 5.10 Å². The van der Waals surface area contributed by atoms with E-state index in [4.69, 9.17) is 9.63 Å². The third-order valence-electron chi connectivity index (χ3n) is 2.75. The van der Waals surface area contributed by atoms with E-state index in [1.54, 1.807) is 0 Å². The van der Waals surface area contributed by atoms with Crippen LogP contribution in [-0.4, -0.2) is 26.4 Å². The fourth-order valence-corrected chi connectivity index (χ4v) is 1.87. The molecule has 0 aliphatic heterocycles. The Bertz CT molecular complexity index is 716. The molecular weight excluding hydrogens is 246 g/mol. The summed E-state index contributed by atoms with van der Waals surface area (Å²) in [6, 6.07) is 9.47. The van der Waals surface area contributed by atoms with E-state index in [-0.39, 0.29) is 11.3 Å². The van der Waals surface area contributed by atoms with Gasteiger partial charge in [-0.15, -0.1) is 0 Å². The van der Waals surface area contributed by atoms with E-state index in [0.29, 0.717) is 11.3 Å². The molecule has 0 bridgehead atoms. The smallest absolute Gasteiger partial charge is 0.341 e. The molecule has 0 fully saturated rings. The van der Waals surface area contributed by atoms with Gasteiger partial charge < -0.3 is 9.63 Å². The summed E-state index contributed by atoms with van der Waals surface area (Å²) in [4.78, 5) is 11.1. The fraction of sp³-hybridized carbons (Fsp3) is 0. The Kier molecular flexibility index (Phi) is 2.60. The van der Waals surface area contributed by atoms with Gasteiger partial charge in [0.25, 0.3) is 0 Å². The van der Waals surface area contributed by atoms with Crippen LogP contribution in [0.15, 0.2) is 47.2 Å². The van der Waals surface area contributed by atoms with E-state index in [1.807, 2.05) is 30.3 Å². The quantitative estimate of drug-likeness (QED) is 0.749. The number of benzene rings is 1. The standard InChI is InChI=1S/C13H9N3O3/c17-13(18)10-7-15-19-12(10)9-6-14-16-11(9)8-4-2-1-3-5-8/h1-7H,(H,14,16)(H,17,18). The first-order valence-corrected chi connectivity index (χ1v) is 5.54. The molecule has 2 N–H and O–H groups in total. The Morgan fingerprint density at radius 1 is 1.21 bits per heavy atom. The van der Waals surface area contributed by atoms with Crippen LogP contribution in [0.25, 0.3) is 22.6 Å². The highest BCUT2D eigenvalue weighted by molar-refractivity contribution is 5.95. The molecule has 0 radical (unpaired) electrons. The summed E-state index contributed by atoms with van der Waals surface area (Å²) in [5.74, 6) is -0.892. The molecule has 3 aromatic rings. The Balaban J connectivity index is 2.15. The molecule has 0 saturated carbocycles. The van der Waals surface area contributed by atoms with Crippen LogP contribution < -0.4 is 0 Å². The molecule has 6 heteroatoms. The van der Waals surface area contributed by atoms with Gasteiger partial charge in [-0.25, -0.2) is 4.79 Å². The Hall–Kier alpha value is -2.89. The maximum atomic E-state index is 11.1. The predicted molar refractivity (Wildman–Crippen MR) is 66.5 cm³/mol. The molecule has 3 rings (SSSR count). The van der Waals surface area contributed by atoms with Gasteiger partial charge in [0, 0.05) is 5.56 Å². The molecule has 0 spiro atoms. The number of carboxylic acid groups (broad SMARTS) is 1. The molecule has 0 unspecified atom stereocenters. The molecule has 1 aromatic carbocycles. The van der Waals surface area contributed by atoms with Crippen molar-refractivity contribution in [2.24, 2.45) is 0 Å². The molecular formula is C13H9N3O3. The largest absolute Gasteiger partial charge is 0.477 e. The molecule has 0 saturated heterocycles. The highest BCUT2D eigenvalue weighted by Crippen LogP contribution is 2.31. The molecule has 2 heterocycles. The van der Waals surface area contributed by atoms with E-state index in [1.165, 1.54) is 12.4 Å². The first-order valence-electron chi connectivity index (χ1n) is 5.54. The third kappa shape index (κ3) is 1.89. The number of carbonyl (C=O) groups is 1. The van der Waals surface area contributed by atoms with Gasteiger partial charge in [0.1, 0.15) is 5.56 Å². The zero-order valence-corrected chi connectivity index (χ0v) is 9.70. The number of hydrogen-bond donors (Lipinski definition) is 2. The summed E-state index contributed by atoms with van der Waals surface area (Å²) in [5.41, 5.74) is 2.17. The zero-order chi connectivity index (χ0) is 13.2. The summed E-state index contributed by atoms with van der Waals surface area (Å²) in [6.45, 7) is 0. The highest BCUT2D eigenvalue weighted by atomic mass is 16.5. The van der Waals surface area contributed by atoms with Crippen molar-refractivity contribution in [3.8, 4) is 22.6 Å². The summed E-state index contributed by atoms with van der Waals surface area (Å²) in [7, 11) is 0. The summed E-state index contributed by atoms with van der Waals surface area (Å²) in [6.07, 6.45) is 2.70. The van der Waals surface area contributed by atoms with E-state index >= 15 is 0 Å². The predicted octanol–water partition coefficient (Wildman–Crippen LogP) is 2.43. The van der Waals surface area contributed by atoms with Crippen LogP contribution in [0.2, 0.25) is 0 Å². The second kappa shape index (κ2) is 4.41. The lowest BCUT2D eigenvalue weighted by atomic mass is 10.0. The average Bonchev–Trinajstić information content (AvgIpc) is 3.08. The molecule has 2 aromatic heterocycles. The van der Waals surface area contributed by atoms with Crippen LogP contribution >= 0.6 is 0 Å². The minimum atomic E-state index is -1.09. The second-order valence-electron chi connectivity index (χ2n) is 3.90. The van der Waals surface area contributed by atoms with Crippen molar-refractivity contribution in [3.05, 3.63) is 48.3 Å². The summed E-state index contributed by atoms with van der Waals surface area (Å²) < 4.78 is 5.04. The molecule has 0 amide bonds. The van der Waals surface area contributed by atoms with Crippen molar-refractivity contribution >= 4 is 5.97 Å². The zero-order valence-electron chi connectivity index (χ0n) is 9.70. The minimum absolute atomic E-state index is 0.0126. The summed E-state index contributed by atoms with van der Waals surface area (Å²) >= 11 is 0. The number of hydrogen-bond acceptors (Lipinski definition) is 4. The van der Waals surface area contributed by atoms with Gasteiger partial charge >= 0.3 is 5.97 Å². The monoisotopic (exact) mass is 255 g/mol. The number of carboxylic acids is 1. The summed E-state index contributed by atoms with van der Waals surface area (Å²) in [5, 5.41) is 19.4. The Labute approximate surface area is 107 Å². The van der Waals surface area contributed by atoms with Gasteiger partial charge in [-0.05, 0) is 0 Å². The molecule has 0 aliphatic rings. The van der Waals surface area contributed by atoms with Crippen LogP contribution in [0.5, 0.6) is 0 Å². The highest BCUT2D eigenvalue weighted by Gasteiger charge is 2.21. The molecule has 6 nitrogen and oxygen atoms in total. The van der Waals surface area contributed by atoms with Gasteiger partial charge in [0.05, 0.1) is 23.7 Å². The first-order chi connectivity index (χ1) is 9.27. The van der Waals surface area contributed by atoms with Crippen molar-refractivity contribution in [1.29, 1.82) is 0 Å². The van der Waals surface area contributed by atoms with E-state index in [0.717, 1.165) is 5.56 Å². The lowest BCUT2D eigenvalue weighted by Gasteiger charge is -2.00. The van der Waals surface area contributed by atoms with Crippen LogP contribution in [0.4, 0.5) is 0 Å². The van der Waals surface area contributed by atoms with Crippen LogP contribution in [0.1, 0.15) is 10.4 Å². The Morgan fingerprint density at radius 3 is 2.74 bits per heavy atom. The lowest BCUT2D eigenvalue weighted by Crippen LogP contribution is -1.96. The van der Waals surface area contributed by atoms with Crippen molar-refractivity contribution < 1.29 is 14.4 Å². The maximum Gasteiger partial charge on any atom is 0.341 e. The first kappa shape index (κ1) is 11.2. The van der Waals surface area contributed by atoms with Gasteiger partial charge in [0.2, 0.25) is 0 Å². The van der Waals surface area contributed by atoms with Crippen molar-refractivity contribution in [2.45, 2.75) is 0 Å². The number of rotatable bonds is 3. The van der Waals surface area contributed by atoms with Crippen molar-refractivity contribution in [1.82, 2.24) is 15.4 Å². The van der Waals surface area contributed by atoms with Gasteiger partial charge in [-0.1, -0.05) is 35.5 Å². The second-order valence-corrected chi connectivity index (χ2v) is 3.90. The van der Waals surface area contributed by atoms with Crippen LogP contribution in [-0.2, 0) is 0 Å². The normalized spacial score (nSPS) is 10.5. The minimum Gasteiger partial charge on any atom is -0.477 e. The maximum absolute atomic E-state index is 11.1. The molecule has 19 heavy (non-hydrogen) atoms. The number of nitrogens with one attached hydrogen (secondary N) is 1. The fourth-order valence-electron chi connectivity index (χ4n) is 1.87. The number of aromatic nitrogens is 3. The van der Waals surface area contributed by atoms with Crippen molar-refractivity contribution in [2.75, 3.05) is 0 Å². The Morgan fingerprint density at radius 2 is 2.00 bits per heavy atom. The molecule has 94 valence electrons. The van der Waals surface area contributed by atoms with Crippen LogP contribution in [0.3, 0.4) is 0 Å². The lowest BCUT2D eigenvalue weighted by molar-refractivity contribution is 0.0697. The molecule has 0 atom stereocenters. The number of H-pyrrole nitrogens is 1. The van der Waals surface area contributed by atoms with E-state index in [2.05, 4.69) is 15.4 Å². The van der Waals surface area contributed by atoms with Gasteiger partial charge in [-0.2, -0.15) is 5.10 Å². The SMILES string of the molecule is O=C(O)c1cnoc1-c1cn[nH]c1-c1ccccc1. The topological polar surface area (TPSA) is 92.0 Å². The van der Waals surface area contributed by atoms with Crippen LogP contribution in [0, 0.1) is 0 Å². The number of aromatic carboxylic acids is 1. The van der Waals surface area contributed by atoms with Gasteiger partial charge in [0.15, 0.2) is 5.76 Å². The average molecular weight is 255 g/mol. The van der Waals surface area contributed by atoms with Crippen molar-refractivity contribution in [3.63, 3.8) is 0 Å². The third-order valence-corrected chi connectivity index (χ3v) is 2.75.